The van der Waals surface area contributed by atoms with Gasteiger partial charge in [-0.1, -0.05) is 58.0 Å². The first-order valence-electron chi connectivity index (χ1n) is 7.46. The van der Waals surface area contributed by atoms with E-state index in [1.54, 1.807) is 0 Å². The minimum atomic E-state index is 0.590. The Hall–Kier alpha value is -1.80. The SMILES string of the molecule is CC.CC(C)c1ccc(-c2ccc3c(c2)CNN3)cc1. The molecule has 0 atom stereocenters. The molecule has 2 aromatic carbocycles. The molecule has 1 aliphatic rings. The maximum Gasteiger partial charge on any atom is 0.0533 e. The summed E-state index contributed by atoms with van der Waals surface area (Å²) in [6.45, 7) is 9.34. The molecule has 106 valence electrons. The fourth-order valence-electron chi connectivity index (χ4n) is 2.34. The van der Waals surface area contributed by atoms with E-state index in [9.17, 15) is 0 Å². The number of nitrogens with one attached hydrogen (secondary N) is 2. The first-order valence-corrected chi connectivity index (χ1v) is 7.46. The van der Waals surface area contributed by atoms with Crippen LogP contribution in [0.1, 0.15) is 44.7 Å². The lowest BCUT2D eigenvalue weighted by Crippen LogP contribution is -2.10. The highest BCUT2D eigenvalue weighted by Crippen LogP contribution is 2.28. The van der Waals surface area contributed by atoms with E-state index in [0.717, 1.165) is 6.54 Å². The zero-order valence-electron chi connectivity index (χ0n) is 12.8. The quantitative estimate of drug-likeness (QED) is 0.806. The van der Waals surface area contributed by atoms with Gasteiger partial charge in [0.1, 0.15) is 0 Å². The third kappa shape index (κ3) is 3.02. The van der Waals surface area contributed by atoms with E-state index in [1.807, 2.05) is 13.8 Å². The summed E-state index contributed by atoms with van der Waals surface area (Å²) in [4.78, 5) is 0. The maximum atomic E-state index is 3.15. The smallest absolute Gasteiger partial charge is 0.0533 e. The van der Waals surface area contributed by atoms with Crippen LogP contribution in [-0.2, 0) is 6.54 Å². The molecular weight excluding hydrogens is 244 g/mol. The van der Waals surface area contributed by atoms with Crippen molar-refractivity contribution in [1.82, 2.24) is 5.43 Å². The van der Waals surface area contributed by atoms with Crippen molar-refractivity contribution in [2.45, 2.75) is 40.2 Å². The van der Waals surface area contributed by atoms with E-state index in [0.29, 0.717) is 5.92 Å². The highest BCUT2D eigenvalue weighted by molar-refractivity contribution is 5.69. The molecule has 0 saturated carbocycles. The fraction of sp³-hybridized carbons (Fsp3) is 0.333. The number of hydrogen-bond donors (Lipinski definition) is 2. The van der Waals surface area contributed by atoms with Crippen LogP contribution in [0.25, 0.3) is 11.1 Å². The van der Waals surface area contributed by atoms with Gasteiger partial charge in [0.15, 0.2) is 0 Å². The summed E-state index contributed by atoms with van der Waals surface area (Å²) in [6.07, 6.45) is 0. The van der Waals surface area contributed by atoms with Gasteiger partial charge < -0.3 is 5.43 Å². The Labute approximate surface area is 122 Å². The van der Waals surface area contributed by atoms with Gasteiger partial charge in [0.2, 0.25) is 0 Å². The highest BCUT2D eigenvalue weighted by Gasteiger charge is 2.10. The molecular formula is C18H24N2. The number of rotatable bonds is 2. The molecule has 0 fully saturated rings. The molecule has 0 aliphatic carbocycles. The third-order valence-electron chi connectivity index (χ3n) is 3.52. The van der Waals surface area contributed by atoms with Crippen LogP contribution >= 0.6 is 0 Å². The molecule has 2 heteroatoms. The summed E-state index contributed by atoms with van der Waals surface area (Å²) in [7, 11) is 0. The Bertz CT molecular complexity index is 556. The van der Waals surface area contributed by atoms with Crippen molar-refractivity contribution in [3.8, 4) is 11.1 Å². The molecule has 0 aromatic heterocycles. The minimum Gasteiger partial charge on any atom is -0.321 e. The van der Waals surface area contributed by atoms with Crippen molar-refractivity contribution in [1.29, 1.82) is 0 Å². The van der Waals surface area contributed by atoms with E-state index in [-0.39, 0.29) is 0 Å². The van der Waals surface area contributed by atoms with Gasteiger partial charge in [-0.3, -0.25) is 0 Å². The molecule has 0 bridgehead atoms. The largest absolute Gasteiger partial charge is 0.321 e. The summed E-state index contributed by atoms with van der Waals surface area (Å²) in [5, 5.41) is 0. The van der Waals surface area contributed by atoms with Crippen LogP contribution in [0.2, 0.25) is 0 Å². The average Bonchev–Trinajstić information content (AvgIpc) is 2.97. The predicted molar refractivity (Wildman–Crippen MR) is 87.8 cm³/mol. The standard InChI is InChI=1S/C16H18N2.C2H6/c1-11(2)12-3-5-13(6-4-12)14-7-8-16-15(9-14)10-17-18-16;1-2/h3-9,11,17-18H,10H2,1-2H3;1-2H3. The first-order chi connectivity index (χ1) is 9.74. The van der Waals surface area contributed by atoms with Gasteiger partial charge in [0, 0.05) is 6.54 Å². The molecule has 3 rings (SSSR count). The summed E-state index contributed by atoms with van der Waals surface area (Å²) in [5.41, 5.74) is 12.8. The van der Waals surface area contributed by atoms with Gasteiger partial charge in [-0.05, 0) is 40.3 Å². The Balaban J connectivity index is 0.000000704. The number of benzene rings is 2. The zero-order chi connectivity index (χ0) is 14.5. The lowest BCUT2D eigenvalue weighted by atomic mass is 9.97. The van der Waals surface area contributed by atoms with E-state index < -0.39 is 0 Å². The van der Waals surface area contributed by atoms with Crippen LogP contribution in [0, 0.1) is 0 Å². The fourth-order valence-corrected chi connectivity index (χ4v) is 2.34. The number of fused-ring (bicyclic) bond motifs is 1. The van der Waals surface area contributed by atoms with Crippen molar-refractivity contribution in [2.75, 3.05) is 5.43 Å². The van der Waals surface area contributed by atoms with Crippen LogP contribution in [0.15, 0.2) is 42.5 Å². The third-order valence-corrected chi connectivity index (χ3v) is 3.52. The Morgan fingerprint density at radius 3 is 2.20 bits per heavy atom. The molecule has 2 N–H and O–H groups in total. The lowest BCUT2D eigenvalue weighted by Gasteiger charge is -2.08. The van der Waals surface area contributed by atoms with Gasteiger partial charge >= 0.3 is 0 Å². The van der Waals surface area contributed by atoms with Gasteiger partial charge in [0.25, 0.3) is 0 Å². The lowest BCUT2D eigenvalue weighted by molar-refractivity contribution is 0.860. The average molecular weight is 268 g/mol. The highest BCUT2D eigenvalue weighted by atomic mass is 15.4. The molecule has 0 amide bonds. The van der Waals surface area contributed by atoms with Gasteiger partial charge in [0.05, 0.1) is 5.69 Å². The Morgan fingerprint density at radius 2 is 1.55 bits per heavy atom. The molecule has 20 heavy (non-hydrogen) atoms. The van der Waals surface area contributed by atoms with Crippen LogP contribution in [0.5, 0.6) is 0 Å². The van der Waals surface area contributed by atoms with Crippen molar-refractivity contribution in [2.24, 2.45) is 0 Å². The van der Waals surface area contributed by atoms with Gasteiger partial charge in [-0.2, -0.15) is 0 Å². The molecule has 0 unspecified atom stereocenters. The molecule has 1 aliphatic heterocycles. The topological polar surface area (TPSA) is 24.1 Å². The minimum absolute atomic E-state index is 0.590. The second-order valence-electron chi connectivity index (χ2n) is 5.13. The second-order valence-corrected chi connectivity index (χ2v) is 5.13. The van der Waals surface area contributed by atoms with Crippen LogP contribution < -0.4 is 10.9 Å². The number of hydrogen-bond acceptors (Lipinski definition) is 2. The monoisotopic (exact) mass is 268 g/mol. The van der Waals surface area contributed by atoms with Crippen molar-refractivity contribution in [3.63, 3.8) is 0 Å². The van der Waals surface area contributed by atoms with Crippen LogP contribution in [0.4, 0.5) is 5.69 Å². The molecule has 1 heterocycles. The van der Waals surface area contributed by atoms with Crippen LogP contribution in [0.3, 0.4) is 0 Å². The number of anilines is 1. The van der Waals surface area contributed by atoms with Crippen molar-refractivity contribution >= 4 is 5.69 Å². The van der Waals surface area contributed by atoms with E-state index in [4.69, 9.17) is 0 Å². The van der Waals surface area contributed by atoms with Crippen molar-refractivity contribution in [3.05, 3.63) is 53.6 Å². The normalized spacial score (nSPS) is 12.4. The van der Waals surface area contributed by atoms with Crippen molar-refractivity contribution < 1.29 is 0 Å². The molecule has 0 saturated heterocycles. The first kappa shape index (κ1) is 14.6. The van der Waals surface area contributed by atoms with E-state index in [2.05, 4.69) is 67.2 Å². The van der Waals surface area contributed by atoms with Crippen LogP contribution in [-0.4, -0.2) is 0 Å². The molecule has 0 spiro atoms. The Morgan fingerprint density at radius 1 is 0.900 bits per heavy atom. The summed E-state index contributed by atoms with van der Waals surface area (Å²) >= 11 is 0. The van der Waals surface area contributed by atoms with Gasteiger partial charge in [-0.15, -0.1) is 0 Å². The second kappa shape index (κ2) is 6.58. The van der Waals surface area contributed by atoms with E-state index in [1.165, 1.54) is 27.9 Å². The molecule has 0 radical (unpaired) electrons. The Kier molecular flexibility index (Phi) is 4.80. The van der Waals surface area contributed by atoms with Gasteiger partial charge in [-0.25, -0.2) is 5.43 Å². The molecule has 2 nitrogen and oxygen atoms in total. The summed E-state index contributed by atoms with van der Waals surface area (Å²) < 4.78 is 0. The summed E-state index contributed by atoms with van der Waals surface area (Å²) in [6, 6.07) is 15.4. The number of hydrazine groups is 1. The molecule has 2 aromatic rings. The predicted octanol–water partition coefficient (Wildman–Crippen LogP) is 4.93. The van der Waals surface area contributed by atoms with E-state index >= 15 is 0 Å². The maximum absolute atomic E-state index is 3.15. The summed E-state index contributed by atoms with van der Waals surface area (Å²) in [5.74, 6) is 0.590. The zero-order valence-corrected chi connectivity index (χ0v) is 12.8.